The van der Waals surface area contributed by atoms with Crippen LogP contribution in [0.25, 0.3) is 0 Å². The molecule has 0 radical (unpaired) electrons. The number of nitrogens with one attached hydrogen (secondary N) is 1. The minimum Gasteiger partial charge on any atom is -0.481 e. The average Bonchev–Trinajstić information content (AvgIpc) is 2.40. The zero-order valence-electron chi connectivity index (χ0n) is 12.9. The van der Waals surface area contributed by atoms with Crippen LogP contribution in [0.2, 0.25) is 0 Å². The number of hydrogen-bond donors (Lipinski definition) is 2. The van der Waals surface area contributed by atoms with E-state index in [-0.39, 0.29) is 11.9 Å². The van der Waals surface area contributed by atoms with Gasteiger partial charge in [0.05, 0.1) is 0 Å². The lowest BCUT2D eigenvalue weighted by Gasteiger charge is -2.17. The lowest BCUT2D eigenvalue weighted by molar-refractivity contribution is -0.127. The number of amides is 1. The van der Waals surface area contributed by atoms with Crippen LogP contribution in [0.1, 0.15) is 50.8 Å². The van der Waals surface area contributed by atoms with Gasteiger partial charge in [0.25, 0.3) is 5.91 Å². The van der Waals surface area contributed by atoms with Gasteiger partial charge in [0.2, 0.25) is 0 Å². The second kappa shape index (κ2) is 7.90. The van der Waals surface area contributed by atoms with E-state index in [1.165, 1.54) is 0 Å². The maximum absolute atomic E-state index is 11.9. The van der Waals surface area contributed by atoms with Crippen molar-refractivity contribution in [2.45, 2.75) is 52.7 Å². The highest BCUT2D eigenvalue weighted by Crippen LogP contribution is 2.22. The Morgan fingerprint density at radius 2 is 2.10 bits per heavy atom. The standard InChI is InChI=1S/C16H26N2O2/c1-5-6-9-18-16(19)13(4)20-15-8-7-14(12(3)17)10-11(15)2/h7-8,10,12-13H,5-6,9,17H2,1-4H3,(H,18,19)/t12-,13?/m1/s1. The number of rotatable bonds is 7. The second-order valence-electron chi connectivity index (χ2n) is 5.22. The maximum atomic E-state index is 11.9. The van der Waals surface area contributed by atoms with E-state index >= 15 is 0 Å². The molecular formula is C16H26N2O2. The van der Waals surface area contributed by atoms with Crippen molar-refractivity contribution < 1.29 is 9.53 Å². The Bertz CT molecular complexity index is 444. The van der Waals surface area contributed by atoms with Gasteiger partial charge in [0.15, 0.2) is 6.10 Å². The summed E-state index contributed by atoms with van der Waals surface area (Å²) in [6, 6.07) is 5.82. The Hall–Kier alpha value is -1.55. The monoisotopic (exact) mass is 278 g/mol. The average molecular weight is 278 g/mol. The van der Waals surface area contributed by atoms with E-state index in [9.17, 15) is 4.79 Å². The molecule has 1 aromatic rings. The Kier molecular flexibility index (Phi) is 6.52. The lowest BCUT2D eigenvalue weighted by atomic mass is 10.1. The van der Waals surface area contributed by atoms with E-state index in [2.05, 4.69) is 12.2 Å². The summed E-state index contributed by atoms with van der Waals surface area (Å²) in [5.74, 6) is 0.654. The minimum absolute atomic E-state index is 0.00230. The summed E-state index contributed by atoms with van der Waals surface area (Å²) in [5, 5.41) is 2.87. The van der Waals surface area contributed by atoms with Gasteiger partial charge in [-0.25, -0.2) is 0 Å². The first-order valence-corrected chi connectivity index (χ1v) is 7.26. The van der Waals surface area contributed by atoms with Gasteiger partial charge < -0.3 is 15.8 Å². The first kappa shape index (κ1) is 16.5. The molecule has 2 atom stereocenters. The first-order chi connectivity index (χ1) is 9.45. The number of benzene rings is 1. The van der Waals surface area contributed by atoms with Crippen LogP contribution in [-0.2, 0) is 4.79 Å². The number of carbonyl (C=O) groups is 1. The summed E-state index contributed by atoms with van der Waals surface area (Å²) in [4.78, 5) is 11.9. The van der Waals surface area contributed by atoms with Crippen molar-refractivity contribution in [2.75, 3.05) is 6.54 Å². The molecule has 1 rings (SSSR count). The maximum Gasteiger partial charge on any atom is 0.260 e. The summed E-state index contributed by atoms with van der Waals surface area (Å²) in [7, 11) is 0. The van der Waals surface area contributed by atoms with Crippen molar-refractivity contribution in [3.8, 4) is 5.75 Å². The highest BCUT2D eigenvalue weighted by Gasteiger charge is 2.15. The van der Waals surface area contributed by atoms with E-state index in [1.807, 2.05) is 32.0 Å². The fourth-order valence-electron chi connectivity index (χ4n) is 1.86. The molecule has 0 saturated heterocycles. The SMILES string of the molecule is CCCCNC(=O)C(C)Oc1ccc([C@@H](C)N)cc1C. The highest BCUT2D eigenvalue weighted by molar-refractivity contribution is 5.80. The van der Waals surface area contributed by atoms with Gasteiger partial charge in [-0.3, -0.25) is 4.79 Å². The molecule has 0 aliphatic heterocycles. The molecule has 0 aliphatic carbocycles. The van der Waals surface area contributed by atoms with Crippen LogP contribution in [0.4, 0.5) is 0 Å². The third-order valence-corrected chi connectivity index (χ3v) is 3.23. The molecular weight excluding hydrogens is 252 g/mol. The molecule has 1 aromatic carbocycles. The molecule has 1 amide bonds. The van der Waals surface area contributed by atoms with Gasteiger partial charge in [-0.05, 0) is 44.4 Å². The Labute approximate surface area is 121 Å². The van der Waals surface area contributed by atoms with Gasteiger partial charge >= 0.3 is 0 Å². The van der Waals surface area contributed by atoms with Crippen LogP contribution < -0.4 is 15.8 Å². The largest absolute Gasteiger partial charge is 0.481 e. The molecule has 0 fully saturated rings. The number of carbonyl (C=O) groups excluding carboxylic acids is 1. The van der Waals surface area contributed by atoms with E-state index < -0.39 is 6.10 Å². The normalized spacial score (nSPS) is 13.7. The molecule has 0 aromatic heterocycles. The zero-order valence-corrected chi connectivity index (χ0v) is 12.9. The van der Waals surface area contributed by atoms with Crippen LogP contribution in [0.15, 0.2) is 18.2 Å². The number of unbranched alkanes of at least 4 members (excludes halogenated alkanes) is 1. The number of hydrogen-bond acceptors (Lipinski definition) is 3. The van der Waals surface area contributed by atoms with Gasteiger partial charge in [-0.2, -0.15) is 0 Å². The van der Waals surface area contributed by atoms with Gasteiger partial charge in [-0.1, -0.05) is 25.5 Å². The molecule has 0 aliphatic rings. The van der Waals surface area contributed by atoms with Crippen LogP contribution in [-0.4, -0.2) is 18.6 Å². The molecule has 0 heterocycles. The summed E-state index contributed by atoms with van der Waals surface area (Å²) >= 11 is 0. The third-order valence-electron chi connectivity index (χ3n) is 3.23. The van der Waals surface area contributed by atoms with Crippen molar-refractivity contribution in [3.63, 3.8) is 0 Å². The topological polar surface area (TPSA) is 64.3 Å². The fraction of sp³-hybridized carbons (Fsp3) is 0.562. The van der Waals surface area contributed by atoms with Crippen LogP contribution >= 0.6 is 0 Å². The van der Waals surface area contributed by atoms with Crippen LogP contribution in [0.5, 0.6) is 5.75 Å². The van der Waals surface area contributed by atoms with Crippen molar-refractivity contribution in [1.29, 1.82) is 0 Å². The first-order valence-electron chi connectivity index (χ1n) is 7.26. The number of aryl methyl sites for hydroxylation is 1. The molecule has 0 saturated carbocycles. The molecule has 0 bridgehead atoms. The summed E-state index contributed by atoms with van der Waals surface area (Å²) in [5.41, 5.74) is 7.90. The van der Waals surface area contributed by atoms with Crippen molar-refractivity contribution in [2.24, 2.45) is 5.73 Å². The van der Waals surface area contributed by atoms with Crippen LogP contribution in [0.3, 0.4) is 0 Å². The molecule has 112 valence electrons. The van der Waals surface area contributed by atoms with E-state index in [0.717, 1.165) is 29.7 Å². The van der Waals surface area contributed by atoms with Gasteiger partial charge in [-0.15, -0.1) is 0 Å². The second-order valence-corrected chi connectivity index (χ2v) is 5.22. The smallest absolute Gasteiger partial charge is 0.260 e. The third kappa shape index (κ3) is 4.85. The number of nitrogens with two attached hydrogens (primary N) is 1. The predicted octanol–water partition coefficient (Wildman–Crippen LogP) is 2.70. The Morgan fingerprint density at radius 1 is 1.40 bits per heavy atom. The van der Waals surface area contributed by atoms with E-state index in [4.69, 9.17) is 10.5 Å². The summed E-state index contributed by atoms with van der Waals surface area (Å²) < 4.78 is 5.72. The quantitative estimate of drug-likeness (QED) is 0.754. The minimum atomic E-state index is -0.494. The molecule has 0 spiro atoms. The van der Waals surface area contributed by atoms with Crippen molar-refractivity contribution in [3.05, 3.63) is 29.3 Å². The molecule has 4 nitrogen and oxygen atoms in total. The summed E-state index contributed by atoms with van der Waals surface area (Å²) in [6.07, 6.45) is 1.56. The summed E-state index contributed by atoms with van der Waals surface area (Å²) in [6.45, 7) is 8.46. The van der Waals surface area contributed by atoms with Crippen molar-refractivity contribution >= 4 is 5.91 Å². The fourth-order valence-corrected chi connectivity index (χ4v) is 1.86. The molecule has 1 unspecified atom stereocenters. The highest BCUT2D eigenvalue weighted by atomic mass is 16.5. The Morgan fingerprint density at radius 3 is 2.65 bits per heavy atom. The molecule has 20 heavy (non-hydrogen) atoms. The van der Waals surface area contributed by atoms with Crippen molar-refractivity contribution in [1.82, 2.24) is 5.32 Å². The molecule has 4 heteroatoms. The number of ether oxygens (including phenoxy) is 1. The predicted molar refractivity (Wildman–Crippen MR) is 81.8 cm³/mol. The van der Waals surface area contributed by atoms with Gasteiger partial charge in [0, 0.05) is 12.6 Å². The lowest BCUT2D eigenvalue weighted by Crippen LogP contribution is -2.36. The van der Waals surface area contributed by atoms with Crippen LogP contribution in [0, 0.1) is 6.92 Å². The van der Waals surface area contributed by atoms with Gasteiger partial charge in [0.1, 0.15) is 5.75 Å². The van der Waals surface area contributed by atoms with E-state index in [0.29, 0.717) is 6.54 Å². The zero-order chi connectivity index (χ0) is 15.1. The molecule has 3 N–H and O–H groups in total. The Balaban J connectivity index is 2.61. The van der Waals surface area contributed by atoms with E-state index in [1.54, 1.807) is 6.92 Å².